The van der Waals surface area contributed by atoms with Crippen molar-refractivity contribution < 1.29 is 4.42 Å². The molecule has 0 spiro atoms. The van der Waals surface area contributed by atoms with Gasteiger partial charge in [-0.3, -0.25) is 9.88 Å². The van der Waals surface area contributed by atoms with E-state index in [2.05, 4.69) is 33.7 Å². The lowest BCUT2D eigenvalue weighted by atomic mass is 10.1. The van der Waals surface area contributed by atoms with Crippen LogP contribution in [0.4, 0.5) is 0 Å². The molecule has 0 unspecified atom stereocenters. The molecule has 0 aromatic carbocycles. The number of rotatable bonds is 3. The first-order valence-corrected chi connectivity index (χ1v) is 6.73. The summed E-state index contributed by atoms with van der Waals surface area (Å²) in [6, 6.07) is 0.891. The van der Waals surface area contributed by atoms with Gasteiger partial charge in [-0.25, -0.2) is 9.97 Å². The van der Waals surface area contributed by atoms with Gasteiger partial charge in [0, 0.05) is 6.04 Å². The Bertz CT molecular complexity index is 538. The molecule has 5 nitrogen and oxygen atoms in total. The highest BCUT2D eigenvalue weighted by molar-refractivity contribution is 5.44. The van der Waals surface area contributed by atoms with E-state index in [1.807, 2.05) is 6.20 Å². The highest BCUT2D eigenvalue weighted by atomic mass is 16.3. The first kappa shape index (κ1) is 12.3. The number of hydrogen-bond donors (Lipinski definition) is 0. The first-order valence-electron chi connectivity index (χ1n) is 6.73. The van der Waals surface area contributed by atoms with E-state index < -0.39 is 0 Å². The van der Waals surface area contributed by atoms with Crippen LogP contribution in [0.5, 0.6) is 0 Å². The molecule has 2 aromatic rings. The number of oxazole rings is 1. The van der Waals surface area contributed by atoms with E-state index in [9.17, 15) is 0 Å². The molecule has 2 aromatic heterocycles. The lowest BCUT2D eigenvalue weighted by Gasteiger charge is -2.27. The number of aromatic nitrogens is 3. The van der Waals surface area contributed by atoms with Gasteiger partial charge in [0.05, 0.1) is 30.3 Å². The van der Waals surface area contributed by atoms with E-state index in [1.54, 1.807) is 18.7 Å². The summed E-state index contributed by atoms with van der Waals surface area (Å²) in [6.45, 7) is 5.58. The lowest BCUT2D eigenvalue weighted by molar-refractivity contribution is 0.202. The third kappa shape index (κ3) is 2.38. The zero-order valence-corrected chi connectivity index (χ0v) is 11.3. The predicted molar refractivity (Wildman–Crippen MR) is 71.3 cm³/mol. The van der Waals surface area contributed by atoms with E-state index in [4.69, 9.17) is 4.42 Å². The SMILES string of the molecule is CC(C)N1CCC[C@H]1c1cncc(-c2ncco2)n1. The fraction of sp³-hybridized carbons (Fsp3) is 0.500. The van der Waals surface area contributed by atoms with Crippen molar-refractivity contribution in [2.45, 2.75) is 38.8 Å². The van der Waals surface area contributed by atoms with Crippen LogP contribution in [0.15, 0.2) is 29.3 Å². The van der Waals surface area contributed by atoms with Crippen molar-refractivity contribution in [3.63, 3.8) is 0 Å². The van der Waals surface area contributed by atoms with Crippen LogP contribution in [0.1, 0.15) is 38.4 Å². The van der Waals surface area contributed by atoms with Crippen LogP contribution in [0, 0.1) is 0 Å². The molecule has 0 N–H and O–H groups in total. The van der Waals surface area contributed by atoms with Gasteiger partial charge in [0.2, 0.25) is 5.89 Å². The molecular weight excluding hydrogens is 240 g/mol. The van der Waals surface area contributed by atoms with E-state index in [1.165, 1.54) is 6.42 Å². The molecular formula is C14H18N4O. The molecule has 0 saturated carbocycles. The van der Waals surface area contributed by atoms with Crippen molar-refractivity contribution in [3.05, 3.63) is 30.5 Å². The van der Waals surface area contributed by atoms with Crippen molar-refractivity contribution in [1.82, 2.24) is 19.9 Å². The highest BCUT2D eigenvalue weighted by Gasteiger charge is 2.29. The summed E-state index contributed by atoms with van der Waals surface area (Å²) in [5.41, 5.74) is 1.72. The molecule has 0 amide bonds. The summed E-state index contributed by atoms with van der Waals surface area (Å²) in [4.78, 5) is 15.6. The second kappa shape index (κ2) is 5.09. The zero-order chi connectivity index (χ0) is 13.2. The fourth-order valence-corrected chi connectivity index (χ4v) is 2.72. The van der Waals surface area contributed by atoms with Crippen LogP contribution >= 0.6 is 0 Å². The Kier molecular flexibility index (Phi) is 3.29. The van der Waals surface area contributed by atoms with Crippen molar-refractivity contribution in [2.75, 3.05) is 6.54 Å². The molecule has 0 aliphatic carbocycles. The van der Waals surface area contributed by atoms with Crippen molar-refractivity contribution >= 4 is 0 Å². The molecule has 0 bridgehead atoms. The third-order valence-electron chi connectivity index (χ3n) is 3.60. The maximum Gasteiger partial charge on any atom is 0.246 e. The number of hydrogen-bond acceptors (Lipinski definition) is 5. The summed E-state index contributed by atoms with van der Waals surface area (Å²) >= 11 is 0. The predicted octanol–water partition coefficient (Wildman–Crippen LogP) is 2.68. The fourth-order valence-electron chi connectivity index (χ4n) is 2.72. The van der Waals surface area contributed by atoms with Gasteiger partial charge in [0.15, 0.2) is 0 Å². The van der Waals surface area contributed by atoms with Gasteiger partial charge in [-0.2, -0.15) is 0 Å². The number of likely N-dealkylation sites (tertiary alicyclic amines) is 1. The van der Waals surface area contributed by atoms with Crippen LogP contribution in [-0.2, 0) is 0 Å². The van der Waals surface area contributed by atoms with E-state index in [0.29, 0.717) is 23.7 Å². The average Bonchev–Trinajstić information content (AvgIpc) is 3.10. The molecule has 1 atom stereocenters. The summed E-state index contributed by atoms with van der Waals surface area (Å²) in [6.07, 6.45) is 9.09. The van der Waals surface area contributed by atoms with E-state index in [0.717, 1.165) is 18.7 Å². The molecule has 1 fully saturated rings. The summed E-state index contributed by atoms with van der Waals surface area (Å²) in [7, 11) is 0. The smallest absolute Gasteiger partial charge is 0.246 e. The minimum Gasteiger partial charge on any atom is -0.443 e. The van der Waals surface area contributed by atoms with Gasteiger partial charge in [-0.05, 0) is 33.2 Å². The zero-order valence-electron chi connectivity index (χ0n) is 11.3. The monoisotopic (exact) mass is 258 g/mol. The molecule has 5 heteroatoms. The lowest BCUT2D eigenvalue weighted by Crippen LogP contribution is -2.30. The molecule has 1 saturated heterocycles. The van der Waals surface area contributed by atoms with E-state index in [-0.39, 0.29) is 0 Å². The Balaban J connectivity index is 1.91. The van der Waals surface area contributed by atoms with Crippen LogP contribution in [0.25, 0.3) is 11.6 Å². The molecule has 3 rings (SSSR count). The van der Waals surface area contributed by atoms with Gasteiger partial charge in [0.25, 0.3) is 0 Å². The standard InChI is InChI=1S/C14H18N4O/c1-10(2)18-6-3-4-13(18)11-8-15-9-12(17-11)14-16-5-7-19-14/h5,7-10,13H,3-4,6H2,1-2H3/t13-/m0/s1. The van der Waals surface area contributed by atoms with Crippen LogP contribution in [0.2, 0.25) is 0 Å². The molecule has 100 valence electrons. The Morgan fingerprint density at radius 3 is 3.00 bits per heavy atom. The van der Waals surface area contributed by atoms with Crippen LogP contribution in [-0.4, -0.2) is 32.4 Å². The van der Waals surface area contributed by atoms with Gasteiger partial charge in [0.1, 0.15) is 12.0 Å². The molecule has 3 heterocycles. The maximum absolute atomic E-state index is 5.28. The minimum atomic E-state index is 0.363. The molecule has 0 radical (unpaired) electrons. The van der Waals surface area contributed by atoms with Crippen LogP contribution < -0.4 is 0 Å². The highest BCUT2D eigenvalue weighted by Crippen LogP contribution is 2.32. The Labute approximate surface area is 112 Å². The Morgan fingerprint density at radius 2 is 2.26 bits per heavy atom. The van der Waals surface area contributed by atoms with Crippen LogP contribution in [0.3, 0.4) is 0 Å². The molecule has 1 aliphatic rings. The van der Waals surface area contributed by atoms with Gasteiger partial charge in [-0.1, -0.05) is 0 Å². The van der Waals surface area contributed by atoms with Crippen molar-refractivity contribution in [3.8, 4) is 11.6 Å². The van der Waals surface area contributed by atoms with E-state index >= 15 is 0 Å². The first-order chi connectivity index (χ1) is 9.25. The van der Waals surface area contributed by atoms with Gasteiger partial charge >= 0.3 is 0 Å². The number of nitrogens with zero attached hydrogens (tertiary/aromatic N) is 4. The Hall–Kier alpha value is -1.75. The average molecular weight is 258 g/mol. The van der Waals surface area contributed by atoms with Gasteiger partial charge < -0.3 is 4.42 Å². The topological polar surface area (TPSA) is 55.1 Å². The normalized spacial score (nSPS) is 20.3. The summed E-state index contributed by atoms with van der Waals surface area (Å²) < 4.78 is 5.28. The Morgan fingerprint density at radius 1 is 1.37 bits per heavy atom. The summed E-state index contributed by atoms with van der Waals surface area (Å²) in [5.74, 6) is 0.531. The second-order valence-electron chi connectivity index (χ2n) is 5.16. The van der Waals surface area contributed by atoms with Gasteiger partial charge in [-0.15, -0.1) is 0 Å². The van der Waals surface area contributed by atoms with Crippen molar-refractivity contribution in [1.29, 1.82) is 0 Å². The molecule has 19 heavy (non-hydrogen) atoms. The molecule has 1 aliphatic heterocycles. The van der Waals surface area contributed by atoms with Crippen molar-refractivity contribution in [2.24, 2.45) is 0 Å². The quantitative estimate of drug-likeness (QED) is 0.847. The summed E-state index contributed by atoms with van der Waals surface area (Å²) in [5, 5.41) is 0. The largest absolute Gasteiger partial charge is 0.443 e. The second-order valence-corrected chi connectivity index (χ2v) is 5.16. The minimum absolute atomic E-state index is 0.363. The third-order valence-corrected chi connectivity index (χ3v) is 3.60. The maximum atomic E-state index is 5.28.